The van der Waals surface area contributed by atoms with E-state index in [2.05, 4.69) is 15.3 Å². The number of benzene rings is 1. The maximum atomic E-state index is 12.6. The Hall–Kier alpha value is -2.67. The number of H-pyrrole nitrogens is 1. The fourth-order valence-corrected chi connectivity index (χ4v) is 4.03. The monoisotopic (exact) mass is 368 g/mol. The average Bonchev–Trinajstić information content (AvgIpc) is 3.35. The number of amides is 2. The van der Waals surface area contributed by atoms with Crippen molar-refractivity contribution in [3.8, 4) is 0 Å². The Bertz CT molecular complexity index is 886. The third-order valence-electron chi connectivity index (χ3n) is 4.68. The molecule has 1 aliphatic rings. The van der Waals surface area contributed by atoms with Crippen LogP contribution < -0.4 is 5.32 Å². The van der Waals surface area contributed by atoms with Gasteiger partial charge in [0.25, 0.3) is 5.91 Å². The molecule has 0 saturated carbocycles. The van der Waals surface area contributed by atoms with Crippen LogP contribution in [-0.2, 0) is 11.3 Å². The van der Waals surface area contributed by atoms with E-state index >= 15 is 0 Å². The van der Waals surface area contributed by atoms with Gasteiger partial charge in [0.15, 0.2) is 0 Å². The average molecular weight is 368 g/mol. The zero-order valence-electron chi connectivity index (χ0n) is 14.3. The highest BCUT2D eigenvalue weighted by Gasteiger charge is 2.29. The van der Waals surface area contributed by atoms with Crippen molar-refractivity contribution in [2.24, 2.45) is 5.92 Å². The number of hydrogen-bond acceptors (Lipinski definition) is 4. The summed E-state index contributed by atoms with van der Waals surface area (Å²) in [7, 11) is 0. The van der Waals surface area contributed by atoms with Gasteiger partial charge in [0.1, 0.15) is 5.82 Å². The molecule has 2 aromatic heterocycles. The quantitative estimate of drug-likeness (QED) is 0.743. The van der Waals surface area contributed by atoms with E-state index in [1.807, 2.05) is 41.8 Å². The van der Waals surface area contributed by atoms with Crippen molar-refractivity contribution in [3.63, 3.8) is 0 Å². The third-order valence-corrected chi connectivity index (χ3v) is 5.54. The Morgan fingerprint density at radius 3 is 2.96 bits per heavy atom. The fraction of sp³-hybridized carbons (Fsp3) is 0.316. The molecule has 0 bridgehead atoms. The lowest BCUT2D eigenvalue weighted by Gasteiger charge is -2.31. The van der Waals surface area contributed by atoms with Crippen LogP contribution in [0.3, 0.4) is 0 Å². The first-order valence-electron chi connectivity index (χ1n) is 8.75. The molecule has 1 atom stereocenters. The van der Waals surface area contributed by atoms with E-state index in [1.165, 1.54) is 11.3 Å². The molecule has 2 amide bonds. The minimum Gasteiger partial charge on any atom is -0.349 e. The molecule has 2 N–H and O–H groups in total. The lowest BCUT2D eigenvalue weighted by atomic mass is 9.97. The van der Waals surface area contributed by atoms with Crippen LogP contribution in [0.15, 0.2) is 41.8 Å². The van der Waals surface area contributed by atoms with Crippen LogP contribution >= 0.6 is 11.3 Å². The second-order valence-electron chi connectivity index (χ2n) is 6.49. The second kappa shape index (κ2) is 7.29. The maximum absolute atomic E-state index is 12.6. The summed E-state index contributed by atoms with van der Waals surface area (Å²) in [6.45, 7) is 1.55. The number of nitrogens with zero attached hydrogens (tertiary/aromatic N) is 2. The number of carbonyl (C=O) groups excluding carboxylic acids is 2. The first-order valence-corrected chi connectivity index (χ1v) is 9.63. The molecule has 7 heteroatoms. The Balaban J connectivity index is 1.36. The molecule has 26 heavy (non-hydrogen) atoms. The van der Waals surface area contributed by atoms with Crippen molar-refractivity contribution in [1.29, 1.82) is 0 Å². The topological polar surface area (TPSA) is 78.1 Å². The van der Waals surface area contributed by atoms with Gasteiger partial charge in [-0.2, -0.15) is 0 Å². The van der Waals surface area contributed by atoms with Gasteiger partial charge in [-0.3, -0.25) is 9.59 Å². The summed E-state index contributed by atoms with van der Waals surface area (Å²) in [5, 5.41) is 4.85. The van der Waals surface area contributed by atoms with E-state index in [0.717, 1.165) is 34.6 Å². The van der Waals surface area contributed by atoms with Crippen LogP contribution in [0, 0.1) is 5.92 Å². The minimum absolute atomic E-state index is 0.0193. The summed E-state index contributed by atoms with van der Waals surface area (Å²) in [5.41, 5.74) is 1.85. The summed E-state index contributed by atoms with van der Waals surface area (Å²) >= 11 is 1.44. The molecule has 0 aliphatic carbocycles. The third kappa shape index (κ3) is 3.48. The number of nitrogens with one attached hydrogen (secondary N) is 2. The summed E-state index contributed by atoms with van der Waals surface area (Å²) in [5.74, 6) is 0.572. The van der Waals surface area contributed by atoms with E-state index in [9.17, 15) is 9.59 Å². The molecule has 0 radical (unpaired) electrons. The van der Waals surface area contributed by atoms with Crippen LogP contribution in [0.5, 0.6) is 0 Å². The normalized spacial score (nSPS) is 17.4. The van der Waals surface area contributed by atoms with Gasteiger partial charge in [-0.05, 0) is 36.4 Å². The highest BCUT2D eigenvalue weighted by Crippen LogP contribution is 2.21. The van der Waals surface area contributed by atoms with Gasteiger partial charge in [0, 0.05) is 13.1 Å². The summed E-state index contributed by atoms with van der Waals surface area (Å²) in [6.07, 6.45) is 1.65. The molecule has 0 spiro atoms. The van der Waals surface area contributed by atoms with Gasteiger partial charge < -0.3 is 15.2 Å². The Morgan fingerprint density at radius 2 is 2.15 bits per heavy atom. The number of aromatic nitrogens is 2. The Labute approximate surface area is 155 Å². The van der Waals surface area contributed by atoms with Crippen LogP contribution in [0.1, 0.15) is 28.3 Å². The van der Waals surface area contributed by atoms with Gasteiger partial charge in [0.2, 0.25) is 5.91 Å². The molecule has 3 aromatic rings. The first-order chi connectivity index (χ1) is 12.7. The van der Waals surface area contributed by atoms with Crippen molar-refractivity contribution in [3.05, 3.63) is 52.5 Å². The van der Waals surface area contributed by atoms with Gasteiger partial charge in [-0.25, -0.2) is 4.98 Å². The molecular formula is C19H20N4O2S. The number of carbonyl (C=O) groups is 2. The molecule has 1 aromatic carbocycles. The maximum Gasteiger partial charge on any atom is 0.263 e. The number of fused-ring (bicyclic) bond motifs is 1. The SMILES string of the molecule is O=C(NCc1nc2ccccc2[nH]1)C1CCCN(C(=O)c2cccs2)C1. The predicted molar refractivity (Wildman–Crippen MR) is 101 cm³/mol. The molecule has 6 nitrogen and oxygen atoms in total. The zero-order chi connectivity index (χ0) is 17.9. The zero-order valence-corrected chi connectivity index (χ0v) is 15.1. The van der Waals surface area contributed by atoms with E-state index in [0.29, 0.717) is 19.6 Å². The summed E-state index contributed by atoms with van der Waals surface area (Å²) in [6, 6.07) is 11.5. The van der Waals surface area contributed by atoms with Crippen molar-refractivity contribution in [2.45, 2.75) is 19.4 Å². The van der Waals surface area contributed by atoms with Gasteiger partial charge in [-0.1, -0.05) is 18.2 Å². The van der Waals surface area contributed by atoms with Crippen LogP contribution in [0.25, 0.3) is 11.0 Å². The Morgan fingerprint density at radius 1 is 1.27 bits per heavy atom. The molecule has 1 unspecified atom stereocenters. The van der Waals surface area contributed by atoms with E-state index in [-0.39, 0.29) is 17.7 Å². The number of hydrogen-bond donors (Lipinski definition) is 2. The number of aromatic amines is 1. The molecule has 134 valence electrons. The number of thiophene rings is 1. The lowest BCUT2D eigenvalue weighted by Crippen LogP contribution is -2.45. The van der Waals surface area contributed by atoms with Crippen LogP contribution in [-0.4, -0.2) is 39.8 Å². The van der Waals surface area contributed by atoms with Gasteiger partial charge >= 0.3 is 0 Å². The minimum atomic E-state index is -0.169. The van der Waals surface area contributed by atoms with Crippen molar-refractivity contribution in [2.75, 3.05) is 13.1 Å². The molecule has 3 heterocycles. The lowest BCUT2D eigenvalue weighted by molar-refractivity contribution is -0.126. The van der Waals surface area contributed by atoms with Crippen LogP contribution in [0.4, 0.5) is 0 Å². The van der Waals surface area contributed by atoms with E-state index in [4.69, 9.17) is 0 Å². The number of piperidine rings is 1. The number of rotatable bonds is 4. The first kappa shape index (κ1) is 16.8. The van der Waals surface area contributed by atoms with Crippen molar-refractivity contribution < 1.29 is 9.59 Å². The molecular weight excluding hydrogens is 348 g/mol. The largest absolute Gasteiger partial charge is 0.349 e. The Kier molecular flexibility index (Phi) is 4.71. The van der Waals surface area contributed by atoms with Gasteiger partial charge in [0.05, 0.1) is 28.4 Å². The highest BCUT2D eigenvalue weighted by molar-refractivity contribution is 7.12. The van der Waals surface area contributed by atoms with Gasteiger partial charge in [-0.15, -0.1) is 11.3 Å². The van der Waals surface area contributed by atoms with E-state index in [1.54, 1.807) is 4.90 Å². The summed E-state index contributed by atoms with van der Waals surface area (Å²) < 4.78 is 0. The summed E-state index contributed by atoms with van der Waals surface area (Å²) in [4.78, 5) is 35.3. The number of para-hydroxylation sites is 2. The predicted octanol–water partition coefficient (Wildman–Crippen LogP) is 2.79. The van der Waals surface area contributed by atoms with Crippen molar-refractivity contribution in [1.82, 2.24) is 20.2 Å². The van der Waals surface area contributed by atoms with E-state index < -0.39 is 0 Å². The fourth-order valence-electron chi connectivity index (χ4n) is 3.34. The molecule has 4 rings (SSSR count). The number of imidazole rings is 1. The second-order valence-corrected chi connectivity index (χ2v) is 7.43. The molecule has 1 fully saturated rings. The van der Waals surface area contributed by atoms with Crippen LogP contribution in [0.2, 0.25) is 0 Å². The highest BCUT2D eigenvalue weighted by atomic mass is 32.1. The van der Waals surface area contributed by atoms with Crippen molar-refractivity contribution >= 4 is 34.2 Å². The standard InChI is InChI=1S/C19H20N4O2S/c24-18(20-11-17-21-14-6-1-2-7-15(14)22-17)13-5-3-9-23(12-13)19(25)16-8-4-10-26-16/h1-2,4,6-8,10,13H,3,5,9,11-12H2,(H,20,24)(H,21,22). The number of likely N-dealkylation sites (tertiary alicyclic amines) is 1. The molecule has 1 aliphatic heterocycles. The molecule has 1 saturated heterocycles. The smallest absolute Gasteiger partial charge is 0.263 e.